The first-order valence-corrected chi connectivity index (χ1v) is 9.27. The molecule has 0 saturated carbocycles. The number of methoxy groups -OCH3 is 1. The van der Waals surface area contributed by atoms with Crippen molar-refractivity contribution in [2.75, 3.05) is 47.5 Å². The van der Waals surface area contributed by atoms with E-state index in [9.17, 15) is 0 Å². The third kappa shape index (κ3) is 7.31. The molecule has 1 N–H and O–H groups in total. The van der Waals surface area contributed by atoms with Crippen LogP contribution in [0.2, 0.25) is 0 Å². The average molecular weight is 475 g/mol. The molecule has 1 aromatic rings. The number of ether oxygens (including phenoxy) is 2. The molecule has 0 radical (unpaired) electrons. The lowest BCUT2D eigenvalue weighted by Crippen LogP contribution is -2.40. The molecule has 0 amide bonds. The number of aliphatic imine (C=N–C) groups is 1. The van der Waals surface area contributed by atoms with E-state index in [1.807, 2.05) is 13.1 Å². The Kier molecular flexibility index (Phi) is 11.0. The molecule has 1 heterocycles. The van der Waals surface area contributed by atoms with E-state index < -0.39 is 0 Å². The summed E-state index contributed by atoms with van der Waals surface area (Å²) in [5.41, 5.74) is 2.49. The number of guanidine groups is 1. The summed E-state index contributed by atoms with van der Waals surface area (Å²) in [5, 5.41) is 3.47. The predicted molar refractivity (Wildman–Crippen MR) is 119 cm³/mol. The zero-order chi connectivity index (χ0) is 18.1. The summed E-state index contributed by atoms with van der Waals surface area (Å²) in [6.07, 6.45) is 4.49. The van der Waals surface area contributed by atoms with Gasteiger partial charge in [0.2, 0.25) is 0 Å². The van der Waals surface area contributed by atoms with Crippen LogP contribution in [0.5, 0.6) is 5.75 Å². The van der Waals surface area contributed by atoms with Crippen LogP contribution in [0.25, 0.3) is 0 Å². The average Bonchev–Trinajstić information content (AvgIpc) is 2.64. The largest absolute Gasteiger partial charge is 0.496 e. The molecule has 1 fully saturated rings. The van der Waals surface area contributed by atoms with Gasteiger partial charge in [0, 0.05) is 40.4 Å². The van der Waals surface area contributed by atoms with Crippen molar-refractivity contribution in [2.45, 2.75) is 32.6 Å². The summed E-state index contributed by atoms with van der Waals surface area (Å²) in [6, 6.07) is 6.32. The number of aryl methyl sites for hydroxylation is 1. The number of hydrogen-bond donors (Lipinski definition) is 1. The third-order valence-corrected chi connectivity index (χ3v) is 4.90. The highest BCUT2D eigenvalue weighted by Gasteiger charge is 2.15. The van der Waals surface area contributed by atoms with Crippen LogP contribution in [-0.4, -0.2) is 58.4 Å². The molecule has 1 aromatic carbocycles. The first-order valence-electron chi connectivity index (χ1n) is 9.27. The summed E-state index contributed by atoms with van der Waals surface area (Å²) >= 11 is 0. The van der Waals surface area contributed by atoms with Crippen molar-refractivity contribution in [3.05, 3.63) is 29.3 Å². The smallest absolute Gasteiger partial charge is 0.193 e. The van der Waals surface area contributed by atoms with Gasteiger partial charge < -0.3 is 19.7 Å². The zero-order valence-electron chi connectivity index (χ0n) is 16.6. The van der Waals surface area contributed by atoms with Gasteiger partial charge in [0.05, 0.1) is 7.11 Å². The molecule has 0 bridgehead atoms. The van der Waals surface area contributed by atoms with Crippen molar-refractivity contribution in [3.63, 3.8) is 0 Å². The van der Waals surface area contributed by atoms with Gasteiger partial charge in [-0.25, -0.2) is 0 Å². The van der Waals surface area contributed by atoms with Crippen molar-refractivity contribution >= 4 is 29.9 Å². The molecule has 0 aromatic heterocycles. The number of nitrogens with zero attached hydrogens (tertiary/aromatic N) is 2. The van der Waals surface area contributed by atoms with E-state index in [0.29, 0.717) is 0 Å². The van der Waals surface area contributed by atoms with Crippen LogP contribution in [0, 0.1) is 12.8 Å². The Morgan fingerprint density at radius 3 is 2.73 bits per heavy atom. The lowest BCUT2D eigenvalue weighted by molar-refractivity contribution is 0.0625. The lowest BCUT2D eigenvalue weighted by Gasteiger charge is -2.27. The molecule has 1 saturated heterocycles. The second kappa shape index (κ2) is 12.4. The van der Waals surface area contributed by atoms with Crippen LogP contribution >= 0.6 is 24.0 Å². The summed E-state index contributed by atoms with van der Waals surface area (Å²) < 4.78 is 10.9. The maximum absolute atomic E-state index is 5.46. The van der Waals surface area contributed by atoms with Crippen LogP contribution in [0.1, 0.15) is 30.4 Å². The Balaban J connectivity index is 0.00000338. The molecule has 26 heavy (non-hydrogen) atoms. The minimum Gasteiger partial charge on any atom is -0.496 e. The molecule has 5 nitrogen and oxygen atoms in total. The number of rotatable bonds is 7. The van der Waals surface area contributed by atoms with Crippen LogP contribution in [0.3, 0.4) is 0 Å². The monoisotopic (exact) mass is 475 g/mol. The first kappa shape index (κ1) is 23.0. The number of halogens is 1. The summed E-state index contributed by atoms with van der Waals surface area (Å²) in [7, 11) is 5.69. The fourth-order valence-corrected chi connectivity index (χ4v) is 3.31. The van der Waals surface area contributed by atoms with Gasteiger partial charge in [0.15, 0.2) is 5.96 Å². The SMILES string of the molecule is CN=C(NCCc1cc(C)ccc1OC)N(C)CCC1CCOCC1.I. The van der Waals surface area contributed by atoms with Crippen LogP contribution < -0.4 is 10.1 Å². The van der Waals surface area contributed by atoms with Crippen LogP contribution in [0.15, 0.2) is 23.2 Å². The Morgan fingerprint density at radius 2 is 2.08 bits per heavy atom. The molecule has 6 heteroatoms. The van der Waals surface area contributed by atoms with E-state index >= 15 is 0 Å². The van der Waals surface area contributed by atoms with Gasteiger partial charge in [-0.2, -0.15) is 0 Å². The van der Waals surface area contributed by atoms with Crippen LogP contribution in [-0.2, 0) is 11.2 Å². The second-order valence-corrected chi connectivity index (χ2v) is 6.81. The first-order chi connectivity index (χ1) is 12.1. The van der Waals surface area contributed by atoms with Crippen molar-refractivity contribution in [3.8, 4) is 5.75 Å². The molecule has 0 aliphatic carbocycles. The maximum Gasteiger partial charge on any atom is 0.193 e. The topological polar surface area (TPSA) is 46.1 Å². The molecule has 1 aliphatic heterocycles. The molecule has 0 unspecified atom stereocenters. The number of nitrogens with one attached hydrogen (secondary N) is 1. The number of benzene rings is 1. The Hall–Kier alpha value is -1.02. The Bertz CT molecular complexity index is 560. The van der Waals surface area contributed by atoms with E-state index in [1.165, 1.54) is 30.4 Å². The number of hydrogen-bond acceptors (Lipinski definition) is 3. The summed E-state index contributed by atoms with van der Waals surface area (Å²) in [4.78, 5) is 6.64. The van der Waals surface area contributed by atoms with Gasteiger partial charge in [0.1, 0.15) is 5.75 Å². The fraction of sp³-hybridized carbons (Fsp3) is 0.650. The maximum atomic E-state index is 5.46. The summed E-state index contributed by atoms with van der Waals surface area (Å²) in [6.45, 7) is 5.81. The Morgan fingerprint density at radius 1 is 1.35 bits per heavy atom. The molecule has 1 aliphatic rings. The molecular weight excluding hydrogens is 441 g/mol. The van der Waals surface area contributed by atoms with E-state index in [0.717, 1.165) is 50.4 Å². The lowest BCUT2D eigenvalue weighted by atomic mass is 9.96. The van der Waals surface area contributed by atoms with E-state index in [-0.39, 0.29) is 24.0 Å². The standard InChI is InChI=1S/C20H33N3O2.HI/c1-16-5-6-19(24-4)18(15-16)7-11-22-20(21-2)23(3)12-8-17-9-13-25-14-10-17;/h5-6,15,17H,7-14H2,1-4H3,(H,21,22);1H. The van der Waals surface area contributed by atoms with Gasteiger partial charge in [-0.3, -0.25) is 4.99 Å². The van der Waals surface area contributed by atoms with Gasteiger partial charge in [-0.15, -0.1) is 24.0 Å². The van der Waals surface area contributed by atoms with E-state index in [4.69, 9.17) is 9.47 Å². The van der Waals surface area contributed by atoms with E-state index in [1.54, 1.807) is 7.11 Å². The van der Waals surface area contributed by atoms with E-state index in [2.05, 4.69) is 41.3 Å². The third-order valence-electron chi connectivity index (χ3n) is 4.90. The zero-order valence-corrected chi connectivity index (χ0v) is 18.9. The molecular formula is C20H34IN3O2. The highest BCUT2D eigenvalue weighted by atomic mass is 127. The van der Waals surface area contributed by atoms with Crippen LogP contribution in [0.4, 0.5) is 0 Å². The van der Waals surface area contributed by atoms with Crippen molar-refractivity contribution in [1.29, 1.82) is 0 Å². The highest BCUT2D eigenvalue weighted by Crippen LogP contribution is 2.20. The predicted octanol–water partition coefficient (Wildman–Crippen LogP) is 3.49. The Labute approximate surface area is 175 Å². The second-order valence-electron chi connectivity index (χ2n) is 6.81. The van der Waals surface area contributed by atoms with Crippen molar-refractivity contribution in [1.82, 2.24) is 10.2 Å². The normalized spacial score (nSPS) is 15.3. The van der Waals surface area contributed by atoms with Crippen molar-refractivity contribution in [2.24, 2.45) is 10.9 Å². The minimum atomic E-state index is 0. The van der Waals surface area contributed by atoms with Gasteiger partial charge in [-0.1, -0.05) is 17.7 Å². The summed E-state index contributed by atoms with van der Waals surface area (Å²) in [5.74, 6) is 2.69. The van der Waals surface area contributed by atoms with Gasteiger partial charge in [-0.05, 0) is 50.2 Å². The quantitative estimate of drug-likeness (QED) is 0.373. The fourth-order valence-electron chi connectivity index (χ4n) is 3.31. The molecule has 2 rings (SSSR count). The highest BCUT2D eigenvalue weighted by molar-refractivity contribution is 14.0. The molecule has 0 atom stereocenters. The molecule has 148 valence electrons. The van der Waals surface area contributed by atoms with Gasteiger partial charge >= 0.3 is 0 Å². The molecule has 0 spiro atoms. The van der Waals surface area contributed by atoms with Gasteiger partial charge in [0.25, 0.3) is 0 Å². The minimum absolute atomic E-state index is 0. The van der Waals surface area contributed by atoms with Crippen molar-refractivity contribution < 1.29 is 9.47 Å².